The van der Waals surface area contributed by atoms with Gasteiger partial charge in [0.05, 0.1) is 6.10 Å². The second-order valence-electron chi connectivity index (χ2n) is 15.3. The quantitative estimate of drug-likeness (QED) is 0.107. The van der Waals surface area contributed by atoms with Crippen LogP contribution in [0.4, 0.5) is 11.4 Å². The van der Waals surface area contributed by atoms with Gasteiger partial charge in [-0.25, -0.2) is 4.89 Å². The Hall–Kier alpha value is -1.56. The minimum absolute atomic E-state index is 0.243. The smallest absolute Gasteiger partial charge is 0.120 e. The molecule has 5 N–H and O–H groups in total. The SMILES string of the molecule is CC(C)CCCC(C)C1CCC2C3CC=C4CC(OCCC(OO)c5cc(N)cc(N)c5)CCC4(C)C3CCC12C. The first-order chi connectivity index (χ1) is 19.5. The van der Waals surface area contributed by atoms with Crippen molar-refractivity contribution in [2.24, 2.45) is 46.3 Å². The van der Waals surface area contributed by atoms with Crippen LogP contribution in [0.1, 0.15) is 123 Å². The summed E-state index contributed by atoms with van der Waals surface area (Å²) < 4.78 is 6.41. The summed E-state index contributed by atoms with van der Waals surface area (Å²) >= 11 is 0. The average molecular weight is 567 g/mol. The van der Waals surface area contributed by atoms with Gasteiger partial charge >= 0.3 is 0 Å². The molecule has 0 spiro atoms. The molecule has 230 valence electrons. The highest BCUT2D eigenvalue weighted by molar-refractivity contribution is 5.54. The molecular weight excluding hydrogens is 508 g/mol. The Bertz CT molecular complexity index is 1050. The van der Waals surface area contributed by atoms with E-state index in [1.807, 2.05) is 12.1 Å². The lowest BCUT2D eigenvalue weighted by molar-refractivity contribution is -0.285. The molecule has 0 aliphatic heterocycles. The zero-order valence-electron chi connectivity index (χ0n) is 26.5. The van der Waals surface area contributed by atoms with E-state index < -0.39 is 6.10 Å². The van der Waals surface area contributed by atoms with E-state index in [0.717, 1.165) is 53.9 Å². The largest absolute Gasteiger partial charge is 0.399 e. The van der Waals surface area contributed by atoms with Gasteiger partial charge in [0.15, 0.2) is 0 Å². The highest BCUT2D eigenvalue weighted by Gasteiger charge is 2.59. The lowest BCUT2D eigenvalue weighted by atomic mass is 9.47. The molecular formula is C36H58N2O3. The molecule has 9 unspecified atom stereocenters. The Morgan fingerprint density at radius 1 is 0.927 bits per heavy atom. The van der Waals surface area contributed by atoms with Crippen LogP contribution in [0.3, 0.4) is 0 Å². The van der Waals surface area contributed by atoms with Crippen LogP contribution >= 0.6 is 0 Å². The molecule has 1 aromatic rings. The molecule has 5 heteroatoms. The van der Waals surface area contributed by atoms with E-state index in [9.17, 15) is 5.26 Å². The number of ether oxygens (including phenoxy) is 1. The first kappa shape index (κ1) is 30.9. The van der Waals surface area contributed by atoms with E-state index in [-0.39, 0.29) is 6.10 Å². The molecule has 0 amide bonds. The summed E-state index contributed by atoms with van der Waals surface area (Å²) in [5.74, 6) is 5.20. The van der Waals surface area contributed by atoms with Gasteiger partial charge in [0.1, 0.15) is 6.10 Å². The van der Waals surface area contributed by atoms with Gasteiger partial charge in [-0.2, -0.15) is 0 Å². The predicted octanol–water partition coefficient (Wildman–Crippen LogP) is 9.20. The van der Waals surface area contributed by atoms with E-state index in [1.54, 1.807) is 11.6 Å². The summed E-state index contributed by atoms with van der Waals surface area (Å²) in [5.41, 5.74) is 16.4. The standard InChI is InChI=1S/C36H58N2O3/c1-23(2)7-6-8-24(3)31-11-12-32-30-10-9-26-21-29(13-16-35(26,4)33(30)14-17-36(31,32)5)40-18-15-34(41-39)25-19-27(37)22-28(38)20-25/h9,19-20,22-24,29-34,39H,6-8,10-18,21,37-38H2,1-5H3. The van der Waals surface area contributed by atoms with Crippen molar-refractivity contribution in [2.45, 2.75) is 124 Å². The Kier molecular flexibility index (Phi) is 9.48. The maximum absolute atomic E-state index is 9.54. The second-order valence-corrected chi connectivity index (χ2v) is 15.3. The maximum atomic E-state index is 9.54. The molecule has 1 aromatic carbocycles. The summed E-state index contributed by atoms with van der Waals surface area (Å²) in [7, 11) is 0. The molecule has 4 aliphatic rings. The van der Waals surface area contributed by atoms with Gasteiger partial charge in [0.2, 0.25) is 0 Å². The van der Waals surface area contributed by atoms with Gasteiger partial charge in [-0.3, -0.25) is 5.26 Å². The Morgan fingerprint density at radius 2 is 1.68 bits per heavy atom. The van der Waals surface area contributed by atoms with Crippen molar-refractivity contribution < 1.29 is 14.9 Å². The molecule has 0 heterocycles. The van der Waals surface area contributed by atoms with E-state index in [1.165, 1.54) is 57.8 Å². The van der Waals surface area contributed by atoms with Crippen molar-refractivity contribution in [3.8, 4) is 0 Å². The minimum atomic E-state index is -0.492. The van der Waals surface area contributed by atoms with E-state index in [4.69, 9.17) is 21.1 Å². The van der Waals surface area contributed by atoms with Crippen LogP contribution in [0.2, 0.25) is 0 Å². The molecule has 9 atom stereocenters. The van der Waals surface area contributed by atoms with E-state index in [0.29, 0.717) is 35.2 Å². The van der Waals surface area contributed by atoms with Crippen LogP contribution in [-0.4, -0.2) is 18.0 Å². The van der Waals surface area contributed by atoms with Crippen LogP contribution in [0.5, 0.6) is 0 Å². The molecule has 0 aromatic heterocycles. The fourth-order valence-corrected chi connectivity index (χ4v) is 10.3. The molecule has 3 fully saturated rings. The summed E-state index contributed by atoms with van der Waals surface area (Å²) in [5, 5.41) is 9.54. The number of rotatable bonds is 11. The lowest BCUT2D eigenvalue weighted by Gasteiger charge is -2.58. The monoisotopic (exact) mass is 566 g/mol. The van der Waals surface area contributed by atoms with Crippen molar-refractivity contribution >= 4 is 11.4 Å². The van der Waals surface area contributed by atoms with Crippen LogP contribution in [0, 0.1) is 46.3 Å². The number of nitrogen functional groups attached to an aromatic ring is 2. The minimum Gasteiger partial charge on any atom is -0.399 e. The van der Waals surface area contributed by atoms with Crippen molar-refractivity contribution in [1.29, 1.82) is 0 Å². The molecule has 3 saturated carbocycles. The van der Waals surface area contributed by atoms with Gasteiger partial charge in [0, 0.05) is 24.4 Å². The Labute approximate surface area is 249 Å². The Morgan fingerprint density at radius 3 is 2.39 bits per heavy atom. The van der Waals surface area contributed by atoms with E-state index in [2.05, 4.69) is 40.7 Å². The topological polar surface area (TPSA) is 90.7 Å². The fourth-order valence-electron chi connectivity index (χ4n) is 10.3. The molecule has 0 radical (unpaired) electrons. The van der Waals surface area contributed by atoms with Crippen molar-refractivity contribution in [2.75, 3.05) is 18.1 Å². The third-order valence-electron chi connectivity index (χ3n) is 12.5. The molecule has 0 saturated heterocycles. The first-order valence-corrected chi connectivity index (χ1v) is 16.8. The van der Waals surface area contributed by atoms with E-state index >= 15 is 0 Å². The first-order valence-electron chi connectivity index (χ1n) is 16.8. The van der Waals surface area contributed by atoms with Crippen LogP contribution < -0.4 is 11.5 Å². The van der Waals surface area contributed by atoms with Gasteiger partial charge in [0.25, 0.3) is 0 Å². The number of anilines is 2. The third kappa shape index (κ3) is 6.24. The average Bonchev–Trinajstić information content (AvgIpc) is 3.27. The van der Waals surface area contributed by atoms with Gasteiger partial charge in [-0.05, 0) is 121 Å². The summed E-state index contributed by atoms with van der Waals surface area (Å²) in [6, 6.07) is 5.33. The van der Waals surface area contributed by atoms with Gasteiger partial charge in [-0.1, -0.05) is 65.5 Å². The lowest BCUT2D eigenvalue weighted by Crippen LogP contribution is -2.51. The number of benzene rings is 1. The van der Waals surface area contributed by atoms with Crippen molar-refractivity contribution in [3.63, 3.8) is 0 Å². The zero-order valence-corrected chi connectivity index (χ0v) is 26.5. The van der Waals surface area contributed by atoms with Crippen molar-refractivity contribution in [3.05, 3.63) is 35.4 Å². The second kappa shape index (κ2) is 12.6. The summed E-state index contributed by atoms with van der Waals surface area (Å²) in [4.78, 5) is 4.79. The normalized spacial score (nSPS) is 36.3. The number of allylic oxidation sites excluding steroid dienone is 1. The number of hydrogen-bond donors (Lipinski definition) is 3. The fraction of sp³-hybridized carbons (Fsp3) is 0.778. The van der Waals surface area contributed by atoms with Crippen LogP contribution in [-0.2, 0) is 9.62 Å². The maximum Gasteiger partial charge on any atom is 0.120 e. The van der Waals surface area contributed by atoms with Gasteiger partial charge in [-0.15, -0.1) is 0 Å². The molecule has 4 aliphatic carbocycles. The Balaban J connectivity index is 1.18. The molecule has 5 rings (SSSR count). The molecule has 0 bridgehead atoms. The highest BCUT2D eigenvalue weighted by Crippen LogP contribution is 2.67. The van der Waals surface area contributed by atoms with Crippen LogP contribution in [0.25, 0.3) is 0 Å². The number of nitrogens with two attached hydrogens (primary N) is 2. The van der Waals surface area contributed by atoms with Gasteiger partial charge < -0.3 is 16.2 Å². The van der Waals surface area contributed by atoms with Crippen LogP contribution in [0.15, 0.2) is 29.8 Å². The summed E-state index contributed by atoms with van der Waals surface area (Å²) in [6.45, 7) is 13.1. The third-order valence-corrected chi connectivity index (χ3v) is 12.5. The predicted molar refractivity (Wildman–Crippen MR) is 169 cm³/mol. The number of hydrogen-bond acceptors (Lipinski definition) is 5. The molecule has 5 nitrogen and oxygen atoms in total. The zero-order chi connectivity index (χ0) is 29.4. The van der Waals surface area contributed by atoms with Crippen molar-refractivity contribution in [1.82, 2.24) is 0 Å². The molecule has 41 heavy (non-hydrogen) atoms. The summed E-state index contributed by atoms with van der Waals surface area (Å²) in [6.07, 6.45) is 17.6. The highest BCUT2D eigenvalue weighted by atomic mass is 17.1. The number of fused-ring (bicyclic) bond motifs is 5.